The number of nitrogens with zero attached hydrogens (tertiary/aromatic N) is 2. The highest BCUT2D eigenvalue weighted by atomic mass is 35.5. The van der Waals surface area contributed by atoms with Crippen LogP contribution < -0.4 is 11.1 Å². The van der Waals surface area contributed by atoms with Crippen molar-refractivity contribution in [3.8, 4) is 0 Å². The first-order valence-corrected chi connectivity index (χ1v) is 6.03. The number of ether oxygens (including phenoxy) is 1. The van der Waals surface area contributed by atoms with E-state index < -0.39 is 0 Å². The highest BCUT2D eigenvalue weighted by molar-refractivity contribution is 6.28. The molecular formula is C11H17ClN4O. The van der Waals surface area contributed by atoms with Crippen LogP contribution in [-0.2, 0) is 4.74 Å². The van der Waals surface area contributed by atoms with Gasteiger partial charge in [-0.2, -0.15) is 4.98 Å². The van der Waals surface area contributed by atoms with E-state index in [9.17, 15) is 0 Å². The molecule has 2 rings (SSSR count). The van der Waals surface area contributed by atoms with Crippen molar-refractivity contribution in [2.45, 2.75) is 31.8 Å². The molecule has 0 radical (unpaired) electrons. The predicted molar refractivity (Wildman–Crippen MR) is 68.3 cm³/mol. The van der Waals surface area contributed by atoms with E-state index in [1.807, 2.05) is 6.92 Å². The van der Waals surface area contributed by atoms with Gasteiger partial charge in [0, 0.05) is 13.7 Å². The fourth-order valence-electron chi connectivity index (χ4n) is 1.95. The number of nitrogens with one attached hydrogen (secondary N) is 1. The van der Waals surface area contributed by atoms with Gasteiger partial charge < -0.3 is 15.8 Å². The van der Waals surface area contributed by atoms with Gasteiger partial charge in [-0.25, -0.2) is 4.98 Å². The highest BCUT2D eigenvalue weighted by Crippen LogP contribution is 2.35. The number of hydrogen-bond donors (Lipinski definition) is 2. The lowest BCUT2D eigenvalue weighted by Crippen LogP contribution is -2.45. The molecule has 1 aliphatic rings. The van der Waals surface area contributed by atoms with Crippen molar-refractivity contribution in [2.24, 2.45) is 0 Å². The fourth-order valence-corrected chi connectivity index (χ4v) is 2.16. The molecule has 5 nitrogen and oxygen atoms in total. The lowest BCUT2D eigenvalue weighted by Gasteiger charge is -2.40. The summed E-state index contributed by atoms with van der Waals surface area (Å²) in [5, 5.41) is 3.41. The summed E-state index contributed by atoms with van der Waals surface area (Å²) in [5.41, 5.74) is 7.05. The highest BCUT2D eigenvalue weighted by Gasteiger charge is 2.36. The molecule has 1 aromatic heterocycles. The lowest BCUT2D eigenvalue weighted by atomic mass is 9.80. The van der Waals surface area contributed by atoms with Gasteiger partial charge in [-0.1, -0.05) is 0 Å². The fraction of sp³-hybridized carbons (Fsp3) is 0.636. The summed E-state index contributed by atoms with van der Waals surface area (Å²) >= 11 is 5.80. The average Bonchev–Trinajstić information content (AvgIpc) is 2.23. The third-order valence-electron chi connectivity index (χ3n) is 3.38. The molecule has 1 heterocycles. The molecule has 0 amide bonds. The summed E-state index contributed by atoms with van der Waals surface area (Å²) < 4.78 is 5.52. The first-order valence-electron chi connectivity index (χ1n) is 5.65. The molecule has 1 fully saturated rings. The quantitative estimate of drug-likeness (QED) is 0.806. The number of aryl methyl sites for hydroxylation is 1. The average molecular weight is 257 g/mol. The van der Waals surface area contributed by atoms with Crippen LogP contribution in [0.4, 0.5) is 11.5 Å². The van der Waals surface area contributed by atoms with Gasteiger partial charge in [-0.05, 0) is 37.8 Å². The predicted octanol–water partition coefficient (Wildman–Crippen LogP) is 2.00. The second kappa shape index (κ2) is 4.66. The molecule has 0 unspecified atom stereocenters. The minimum Gasteiger partial charge on any atom is -0.394 e. The Balaban J connectivity index is 2.08. The van der Waals surface area contributed by atoms with Crippen molar-refractivity contribution < 1.29 is 4.74 Å². The van der Waals surface area contributed by atoms with Gasteiger partial charge in [-0.3, -0.25) is 0 Å². The molecule has 0 saturated heterocycles. The molecule has 94 valence electrons. The van der Waals surface area contributed by atoms with E-state index in [0.717, 1.165) is 12.8 Å². The smallest absolute Gasteiger partial charge is 0.224 e. The van der Waals surface area contributed by atoms with Gasteiger partial charge >= 0.3 is 0 Å². The maximum absolute atomic E-state index is 5.89. The largest absolute Gasteiger partial charge is 0.394 e. The Morgan fingerprint density at radius 3 is 2.71 bits per heavy atom. The van der Waals surface area contributed by atoms with Gasteiger partial charge in [-0.15, -0.1) is 0 Å². The van der Waals surface area contributed by atoms with Crippen LogP contribution in [0, 0.1) is 6.92 Å². The van der Waals surface area contributed by atoms with Crippen LogP contribution in [0.25, 0.3) is 0 Å². The molecular weight excluding hydrogens is 240 g/mol. The molecule has 0 spiro atoms. The molecule has 1 aliphatic carbocycles. The Morgan fingerprint density at radius 2 is 2.18 bits per heavy atom. The molecule has 3 N–H and O–H groups in total. The van der Waals surface area contributed by atoms with E-state index in [2.05, 4.69) is 15.3 Å². The van der Waals surface area contributed by atoms with E-state index in [0.29, 0.717) is 23.7 Å². The van der Waals surface area contributed by atoms with Gasteiger partial charge in [0.1, 0.15) is 0 Å². The summed E-state index contributed by atoms with van der Waals surface area (Å²) in [5.74, 6) is 0.589. The Kier molecular flexibility index (Phi) is 3.40. The van der Waals surface area contributed by atoms with E-state index in [1.54, 1.807) is 7.11 Å². The number of rotatable bonds is 4. The standard InChI is InChI=1S/C11H17ClN4O/c1-7-8(13)9(16-10(12)15-7)14-6-11(17-2)4-3-5-11/h3-6,13H2,1-2H3,(H,14,15,16). The number of hydrogen-bond acceptors (Lipinski definition) is 5. The molecule has 17 heavy (non-hydrogen) atoms. The molecule has 1 saturated carbocycles. The number of aromatic nitrogens is 2. The molecule has 0 aliphatic heterocycles. The normalized spacial score (nSPS) is 17.6. The molecule has 6 heteroatoms. The van der Waals surface area contributed by atoms with Crippen LogP contribution in [0.2, 0.25) is 5.28 Å². The van der Waals surface area contributed by atoms with Gasteiger partial charge in [0.05, 0.1) is 17.0 Å². The monoisotopic (exact) mass is 256 g/mol. The maximum Gasteiger partial charge on any atom is 0.224 e. The number of nitrogen functional groups attached to an aromatic ring is 1. The Labute approximate surface area is 106 Å². The van der Waals surface area contributed by atoms with Gasteiger partial charge in [0.2, 0.25) is 5.28 Å². The van der Waals surface area contributed by atoms with E-state index >= 15 is 0 Å². The third kappa shape index (κ3) is 2.45. The van der Waals surface area contributed by atoms with E-state index in [1.165, 1.54) is 6.42 Å². The van der Waals surface area contributed by atoms with Crippen LogP contribution in [0.5, 0.6) is 0 Å². The van der Waals surface area contributed by atoms with Gasteiger partial charge in [0.25, 0.3) is 0 Å². The van der Waals surface area contributed by atoms with E-state index in [4.69, 9.17) is 22.1 Å². The van der Waals surface area contributed by atoms with Crippen molar-refractivity contribution in [3.63, 3.8) is 0 Å². The van der Waals surface area contributed by atoms with Crippen LogP contribution >= 0.6 is 11.6 Å². The van der Waals surface area contributed by atoms with Crippen molar-refractivity contribution in [1.29, 1.82) is 0 Å². The maximum atomic E-state index is 5.89. The summed E-state index contributed by atoms with van der Waals surface area (Å²) in [6.45, 7) is 2.50. The molecule has 1 aromatic rings. The SMILES string of the molecule is COC1(CNc2nc(Cl)nc(C)c2N)CCC1. The zero-order valence-electron chi connectivity index (χ0n) is 10.1. The second-order valence-electron chi connectivity index (χ2n) is 4.43. The van der Waals surface area contributed by atoms with Gasteiger partial charge in [0.15, 0.2) is 5.82 Å². The first kappa shape index (κ1) is 12.4. The zero-order valence-corrected chi connectivity index (χ0v) is 10.8. The molecule has 0 aromatic carbocycles. The van der Waals surface area contributed by atoms with Crippen molar-refractivity contribution >= 4 is 23.1 Å². The van der Waals surface area contributed by atoms with Crippen LogP contribution in [0.1, 0.15) is 25.0 Å². The number of methoxy groups -OCH3 is 1. The second-order valence-corrected chi connectivity index (χ2v) is 4.77. The minimum absolute atomic E-state index is 0.0717. The topological polar surface area (TPSA) is 73.1 Å². The van der Waals surface area contributed by atoms with Crippen molar-refractivity contribution in [3.05, 3.63) is 11.0 Å². The summed E-state index contributed by atoms with van der Waals surface area (Å²) in [4.78, 5) is 8.08. The Bertz CT molecular complexity index is 415. The van der Waals surface area contributed by atoms with E-state index in [-0.39, 0.29) is 10.9 Å². The third-order valence-corrected chi connectivity index (χ3v) is 3.55. The minimum atomic E-state index is -0.0717. The Hall–Kier alpha value is -1.07. The number of nitrogens with two attached hydrogens (primary N) is 1. The summed E-state index contributed by atoms with van der Waals surface area (Å²) in [7, 11) is 1.74. The van der Waals surface area contributed by atoms with Crippen LogP contribution in [0.3, 0.4) is 0 Å². The summed E-state index contributed by atoms with van der Waals surface area (Å²) in [6, 6.07) is 0. The first-order chi connectivity index (χ1) is 8.06. The number of anilines is 2. The summed E-state index contributed by atoms with van der Waals surface area (Å²) in [6.07, 6.45) is 3.33. The zero-order chi connectivity index (χ0) is 12.5. The Morgan fingerprint density at radius 1 is 1.47 bits per heavy atom. The molecule has 0 atom stereocenters. The molecule has 0 bridgehead atoms. The van der Waals surface area contributed by atoms with Crippen molar-refractivity contribution in [1.82, 2.24) is 9.97 Å². The number of halogens is 1. The lowest BCUT2D eigenvalue weighted by molar-refractivity contribution is -0.0601. The van der Waals surface area contributed by atoms with Crippen LogP contribution in [-0.4, -0.2) is 29.2 Å². The van der Waals surface area contributed by atoms with Crippen LogP contribution in [0.15, 0.2) is 0 Å². The van der Waals surface area contributed by atoms with Crippen molar-refractivity contribution in [2.75, 3.05) is 24.7 Å².